The quantitative estimate of drug-likeness (QED) is 0.813. The molecule has 0 saturated heterocycles. The summed E-state index contributed by atoms with van der Waals surface area (Å²) in [5.74, 6) is 0.164. The highest BCUT2D eigenvalue weighted by Gasteiger charge is 2.33. The summed E-state index contributed by atoms with van der Waals surface area (Å²) in [7, 11) is 0. The van der Waals surface area contributed by atoms with Crippen molar-refractivity contribution in [2.45, 2.75) is 13.1 Å². The molecule has 0 amide bonds. The van der Waals surface area contributed by atoms with E-state index in [2.05, 4.69) is 15.1 Å². The first-order valence-electron chi connectivity index (χ1n) is 4.38. The number of rotatable bonds is 1. The number of aromatic nitrogens is 4. The highest BCUT2D eigenvalue weighted by molar-refractivity contribution is 5.49. The Balaban J connectivity index is 2.35. The summed E-state index contributed by atoms with van der Waals surface area (Å²) in [6.07, 6.45) is -1.40. The first kappa shape index (κ1) is 10.6. The smallest absolute Gasteiger partial charge is 0.273 e. The van der Waals surface area contributed by atoms with E-state index in [1.54, 1.807) is 6.92 Å². The van der Waals surface area contributed by atoms with E-state index in [9.17, 15) is 13.2 Å². The molecule has 0 fully saturated rings. The predicted molar refractivity (Wildman–Crippen MR) is 49.4 cm³/mol. The molecule has 0 saturated carbocycles. The zero-order chi connectivity index (χ0) is 11.8. The lowest BCUT2D eigenvalue weighted by Crippen LogP contribution is -2.04. The van der Waals surface area contributed by atoms with Crippen LogP contribution in [0.3, 0.4) is 0 Å². The maximum absolute atomic E-state index is 12.3. The Morgan fingerprint density at radius 1 is 1.19 bits per heavy atom. The fourth-order valence-corrected chi connectivity index (χ4v) is 1.11. The third-order valence-corrected chi connectivity index (χ3v) is 1.89. The van der Waals surface area contributed by atoms with Crippen LogP contribution in [0.15, 0.2) is 18.5 Å². The van der Waals surface area contributed by atoms with Crippen molar-refractivity contribution in [1.82, 2.24) is 20.2 Å². The van der Waals surface area contributed by atoms with Crippen molar-refractivity contribution in [2.75, 3.05) is 0 Å². The summed E-state index contributed by atoms with van der Waals surface area (Å²) in [4.78, 5) is 7.77. The molecule has 16 heavy (non-hydrogen) atoms. The van der Waals surface area contributed by atoms with Crippen molar-refractivity contribution >= 4 is 0 Å². The molecule has 2 rings (SSSR count). The van der Waals surface area contributed by atoms with E-state index in [4.69, 9.17) is 0 Å². The molecule has 0 unspecified atom stereocenters. The van der Waals surface area contributed by atoms with Gasteiger partial charge in [-0.25, -0.2) is 9.97 Å². The van der Waals surface area contributed by atoms with Crippen molar-refractivity contribution < 1.29 is 13.2 Å². The van der Waals surface area contributed by atoms with Crippen molar-refractivity contribution in [3.8, 4) is 11.5 Å². The minimum atomic E-state index is -4.43. The zero-order valence-corrected chi connectivity index (χ0v) is 8.21. The van der Waals surface area contributed by atoms with Gasteiger partial charge in [-0.15, -0.1) is 0 Å². The van der Waals surface area contributed by atoms with Crippen LogP contribution in [0.1, 0.15) is 11.3 Å². The molecule has 0 bridgehead atoms. The number of aryl methyl sites for hydroxylation is 1. The van der Waals surface area contributed by atoms with Crippen molar-refractivity contribution in [3.63, 3.8) is 0 Å². The Bertz CT molecular complexity index is 486. The predicted octanol–water partition coefficient (Wildman–Crippen LogP) is 2.19. The van der Waals surface area contributed by atoms with Crippen molar-refractivity contribution in [1.29, 1.82) is 0 Å². The Kier molecular flexibility index (Phi) is 2.37. The third kappa shape index (κ3) is 2.02. The minimum absolute atomic E-state index is 0.0762. The number of alkyl halides is 3. The van der Waals surface area contributed by atoms with Crippen LogP contribution in [0.25, 0.3) is 11.5 Å². The van der Waals surface area contributed by atoms with Gasteiger partial charge < -0.3 is 0 Å². The van der Waals surface area contributed by atoms with Crippen LogP contribution in [-0.4, -0.2) is 20.2 Å². The van der Waals surface area contributed by atoms with Crippen molar-refractivity contribution in [3.05, 3.63) is 29.7 Å². The monoisotopic (exact) mass is 228 g/mol. The summed E-state index contributed by atoms with van der Waals surface area (Å²) >= 11 is 0. The van der Waals surface area contributed by atoms with Gasteiger partial charge in [-0.1, -0.05) is 0 Å². The molecule has 0 atom stereocenters. The first-order valence-corrected chi connectivity index (χ1v) is 4.38. The molecule has 1 N–H and O–H groups in total. The molecule has 0 radical (unpaired) electrons. The highest BCUT2D eigenvalue weighted by Crippen LogP contribution is 2.29. The molecule has 0 aliphatic heterocycles. The minimum Gasteiger partial charge on any atom is -0.273 e. The SMILES string of the molecule is Cc1cnc(-c2cc(C(F)(F)F)[nH]n2)nc1. The van der Waals surface area contributed by atoms with Crippen LogP contribution in [0.5, 0.6) is 0 Å². The Labute approximate surface area is 88.6 Å². The van der Waals surface area contributed by atoms with Gasteiger partial charge in [-0.2, -0.15) is 18.3 Å². The lowest BCUT2D eigenvalue weighted by atomic mass is 10.3. The van der Waals surface area contributed by atoms with Gasteiger partial charge in [-0.3, -0.25) is 5.10 Å². The average Bonchev–Trinajstić information content (AvgIpc) is 2.67. The second-order valence-electron chi connectivity index (χ2n) is 3.25. The lowest BCUT2D eigenvalue weighted by molar-refractivity contribution is -0.141. The van der Waals surface area contributed by atoms with Crippen LogP contribution in [0, 0.1) is 6.92 Å². The Hall–Kier alpha value is -1.92. The van der Waals surface area contributed by atoms with Gasteiger partial charge in [-0.05, 0) is 18.6 Å². The number of halogens is 3. The fraction of sp³-hybridized carbons (Fsp3) is 0.222. The third-order valence-electron chi connectivity index (χ3n) is 1.89. The van der Waals surface area contributed by atoms with Crippen LogP contribution in [-0.2, 0) is 6.18 Å². The van der Waals surface area contributed by atoms with Gasteiger partial charge in [0.25, 0.3) is 0 Å². The second kappa shape index (κ2) is 3.58. The van der Waals surface area contributed by atoms with Crippen LogP contribution < -0.4 is 0 Å². The molecule has 2 aromatic heterocycles. The van der Waals surface area contributed by atoms with E-state index in [0.717, 1.165) is 11.6 Å². The van der Waals surface area contributed by atoms with Gasteiger partial charge in [0.05, 0.1) is 0 Å². The van der Waals surface area contributed by atoms with Gasteiger partial charge in [0.2, 0.25) is 0 Å². The highest BCUT2D eigenvalue weighted by atomic mass is 19.4. The summed E-state index contributed by atoms with van der Waals surface area (Å²) in [6, 6.07) is 0.880. The van der Waals surface area contributed by atoms with E-state index in [-0.39, 0.29) is 11.5 Å². The molecule has 0 spiro atoms. The number of aromatic amines is 1. The molecule has 2 heterocycles. The van der Waals surface area contributed by atoms with Gasteiger partial charge in [0, 0.05) is 12.4 Å². The van der Waals surface area contributed by atoms with Gasteiger partial charge >= 0.3 is 6.18 Å². The molecule has 7 heteroatoms. The number of nitrogens with zero attached hydrogens (tertiary/aromatic N) is 3. The molecule has 2 aromatic rings. The molecular formula is C9H7F3N4. The molecule has 0 aromatic carbocycles. The maximum atomic E-state index is 12.3. The summed E-state index contributed by atoms with van der Waals surface area (Å²) in [5.41, 5.74) is -0.00525. The molecule has 0 aliphatic carbocycles. The number of hydrogen-bond acceptors (Lipinski definition) is 3. The van der Waals surface area contributed by atoms with Crippen molar-refractivity contribution in [2.24, 2.45) is 0 Å². The van der Waals surface area contributed by atoms with E-state index < -0.39 is 11.9 Å². The maximum Gasteiger partial charge on any atom is 0.432 e. The number of hydrogen-bond donors (Lipinski definition) is 1. The average molecular weight is 228 g/mol. The Morgan fingerprint density at radius 3 is 2.31 bits per heavy atom. The van der Waals surface area contributed by atoms with Crippen LogP contribution in [0.2, 0.25) is 0 Å². The van der Waals surface area contributed by atoms with Gasteiger partial charge in [0.1, 0.15) is 11.4 Å². The fourth-order valence-electron chi connectivity index (χ4n) is 1.11. The molecule has 84 valence electrons. The van der Waals surface area contributed by atoms with E-state index >= 15 is 0 Å². The number of H-pyrrole nitrogens is 1. The molecule has 4 nitrogen and oxygen atoms in total. The Morgan fingerprint density at radius 2 is 1.81 bits per heavy atom. The summed E-state index contributed by atoms with van der Waals surface area (Å²) in [6.45, 7) is 1.79. The molecular weight excluding hydrogens is 221 g/mol. The van der Waals surface area contributed by atoms with E-state index in [1.165, 1.54) is 12.4 Å². The largest absolute Gasteiger partial charge is 0.432 e. The topological polar surface area (TPSA) is 54.5 Å². The first-order chi connectivity index (χ1) is 7.47. The standard InChI is InChI=1S/C9H7F3N4/c1-5-3-13-8(14-4-5)6-2-7(16-15-6)9(10,11)12/h2-4H,1H3,(H,15,16). The lowest BCUT2D eigenvalue weighted by Gasteiger charge is -1.99. The van der Waals surface area contributed by atoms with Crippen LogP contribution in [0.4, 0.5) is 13.2 Å². The summed E-state index contributed by atoms with van der Waals surface area (Å²) in [5, 5.41) is 5.42. The van der Waals surface area contributed by atoms with E-state index in [1.807, 2.05) is 5.10 Å². The molecule has 0 aliphatic rings. The zero-order valence-electron chi connectivity index (χ0n) is 8.21. The summed E-state index contributed by atoms with van der Waals surface area (Å²) < 4.78 is 36.8. The van der Waals surface area contributed by atoms with Gasteiger partial charge in [0.15, 0.2) is 5.82 Å². The van der Waals surface area contributed by atoms with Crippen LogP contribution >= 0.6 is 0 Å². The second-order valence-corrected chi connectivity index (χ2v) is 3.25. The van der Waals surface area contributed by atoms with E-state index in [0.29, 0.717) is 0 Å². The normalized spacial score (nSPS) is 11.8. The number of nitrogens with one attached hydrogen (secondary N) is 1.